The van der Waals surface area contributed by atoms with Crippen LogP contribution in [0.2, 0.25) is 10.0 Å². The molecule has 2 aromatic carbocycles. The summed E-state index contributed by atoms with van der Waals surface area (Å²) in [4.78, 5) is 22.7. The maximum absolute atomic E-state index is 12.1. The van der Waals surface area contributed by atoms with Gasteiger partial charge < -0.3 is 13.6 Å². The molecule has 0 unspecified atom stereocenters. The highest BCUT2D eigenvalue weighted by atomic mass is 35.5. The zero-order valence-electron chi connectivity index (χ0n) is 19.0. The summed E-state index contributed by atoms with van der Waals surface area (Å²) in [6.07, 6.45) is 1.32. The van der Waals surface area contributed by atoms with Gasteiger partial charge in [-0.1, -0.05) is 41.0 Å². The molecule has 0 fully saturated rings. The van der Waals surface area contributed by atoms with E-state index in [1.54, 1.807) is 36.4 Å². The summed E-state index contributed by atoms with van der Waals surface area (Å²) in [7, 11) is 0. The van der Waals surface area contributed by atoms with Crippen LogP contribution in [0.3, 0.4) is 0 Å². The number of carbonyl (C=O) groups is 1. The van der Waals surface area contributed by atoms with Crippen molar-refractivity contribution >= 4 is 52.8 Å². The zero-order valence-corrected chi connectivity index (χ0v) is 21.3. The van der Waals surface area contributed by atoms with Crippen LogP contribution in [-0.4, -0.2) is 33.0 Å². The predicted octanol–water partition coefficient (Wildman–Crippen LogP) is 5.67. The molecule has 4 aromatic rings. The highest BCUT2D eigenvalue weighted by Crippen LogP contribution is 2.29. The second-order valence-corrected chi connectivity index (χ2v) is 9.14. The maximum Gasteiger partial charge on any atom is 0.277 e. The van der Waals surface area contributed by atoms with Gasteiger partial charge in [-0.05, 0) is 42.8 Å². The standard InChI is InChI=1S/C23H17Cl2N5O6S/c1-13-2-4-15(30(32)33)9-17(13)19-7-5-16(35-19)10-26-27-21(31)12-37-23-29-28-22(36-23)11-34-20-6-3-14(24)8-18(20)25/h2-10H,11-12H2,1H3,(H,27,31)/b26-10-. The fraction of sp³-hybridized carbons (Fsp3) is 0.130. The Bertz CT molecular complexity index is 1470. The van der Waals surface area contributed by atoms with E-state index in [9.17, 15) is 14.9 Å². The summed E-state index contributed by atoms with van der Waals surface area (Å²) < 4.78 is 16.7. The van der Waals surface area contributed by atoms with Gasteiger partial charge in [-0.3, -0.25) is 14.9 Å². The van der Waals surface area contributed by atoms with Gasteiger partial charge >= 0.3 is 0 Å². The molecule has 0 saturated carbocycles. The molecule has 0 aliphatic rings. The summed E-state index contributed by atoms with van der Waals surface area (Å²) in [5.74, 6) is 0.986. The van der Waals surface area contributed by atoms with Crippen LogP contribution in [0.5, 0.6) is 5.75 Å². The Kier molecular flexibility index (Phi) is 8.43. The first kappa shape index (κ1) is 26.2. The van der Waals surface area contributed by atoms with Gasteiger partial charge in [0.2, 0.25) is 0 Å². The van der Waals surface area contributed by atoms with Gasteiger partial charge in [0.1, 0.15) is 17.3 Å². The number of halogens is 2. The molecule has 190 valence electrons. The van der Waals surface area contributed by atoms with Crippen LogP contribution >= 0.6 is 35.0 Å². The molecule has 1 amide bonds. The van der Waals surface area contributed by atoms with E-state index in [1.165, 1.54) is 18.3 Å². The largest absolute Gasteiger partial charge is 0.482 e. The molecule has 0 aliphatic carbocycles. The lowest BCUT2D eigenvalue weighted by Crippen LogP contribution is -2.19. The van der Waals surface area contributed by atoms with Gasteiger partial charge in [0, 0.05) is 22.7 Å². The average Bonchev–Trinajstić information content (AvgIpc) is 3.52. The first-order valence-corrected chi connectivity index (χ1v) is 12.2. The summed E-state index contributed by atoms with van der Waals surface area (Å²) in [6.45, 7) is 1.81. The van der Waals surface area contributed by atoms with Gasteiger partial charge in [-0.15, -0.1) is 10.2 Å². The van der Waals surface area contributed by atoms with Crippen LogP contribution in [-0.2, 0) is 11.4 Å². The molecular formula is C23H17Cl2N5O6S. The van der Waals surface area contributed by atoms with Crippen molar-refractivity contribution in [3.05, 3.63) is 85.9 Å². The second-order valence-electron chi connectivity index (χ2n) is 7.37. The van der Waals surface area contributed by atoms with Gasteiger partial charge in [-0.2, -0.15) is 5.10 Å². The number of aromatic nitrogens is 2. The number of amides is 1. The van der Waals surface area contributed by atoms with Crippen molar-refractivity contribution in [2.45, 2.75) is 18.8 Å². The molecule has 11 nitrogen and oxygen atoms in total. The molecule has 0 spiro atoms. The minimum absolute atomic E-state index is 0.00755. The lowest BCUT2D eigenvalue weighted by molar-refractivity contribution is -0.384. The first-order chi connectivity index (χ1) is 17.8. The lowest BCUT2D eigenvalue weighted by atomic mass is 10.1. The minimum Gasteiger partial charge on any atom is -0.482 e. The fourth-order valence-corrected chi connectivity index (χ4v) is 4.01. The van der Waals surface area contributed by atoms with E-state index in [-0.39, 0.29) is 29.2 Å². The minimum atomic E-state index is -0.470. The number of benzene rings is 2. The third kappa shape index (κ3) is 7.09. The number of non-ortho nitro benzene ring substituents is 1. The molecular weight excluding hydrogens is 545 g/mol. The van der Waals surface area contributed by atoms with Crippen LogP contribution in [0.25, 0.3) is 11.3 Å². The van der Waals surface area contributed by atoms with E-state index >= 15 is 0 Å². The van der Waals surface area contributed by atoms with E-state index in [4.69, 9.17) is 36.8 Å². The van der Waals surface area contributed by atoms with Gasteiger partial charge in [0.25, 0.3) is 22.7 Å². The molecule has 0 aliphatic heterocycles. The van der Waals surface area contributed by atoms with Gasteiger partial charge in [0.15, 0.2) is 6.61 Å². The Hall–Kier alpha value is -3.87. The number of hydrazone groups is 1. The second kappa shape index (κ2) is 11.9. The third-order valence-corrected chi connectivity index (χ3v) is 6.07. The predicted molar refractivity (Wildman–Crippen MR) is 137 cm³/mol. The fourth-order valence-electron chi connectivity index (χ4n) is 2.97. The Balaban J connectivity index is 1.25. The molecule has 2 heterocycles. The molecule has 0 saturated heterocycles. The average molecular weight is 562 g/mol. The molecule has 37 heavy (non-hydrogen) atoms. The molecule has 1 N–H and O–H groups in total. The zero-order chi connectivity index (χ0) is 26.4. The van der Waals surface area contributed by atoms with Crippen LogP contribution < -0.4 is 10.2 Å². The number of aryl methyl sites for hydroxylation is 1. The number of carbonyl (C=O) groups excluding carboxylic acids is 1. The topological polar surface area (TPSA) is 146 Å². The van der Waals surface area contributed by atoms with Crippen molar-refractivity contribution in [3.63, 3.8) is 0 Å². The number of hydrogen-bond acceptors (Lipinski definition) is 10. The lowest BCUT2D eigenvalue weighted by Gasteiger charge is -2.05. The normalized spacial score (nSPS) is 11.1. The van der Waals surface area contributed by atoms with Crippen molar-refractivity contribution in [1.82, 2.24) is 15.6 Å². The Labute approximate surface area is 223 Å². The number of nitro benzene ring substituents is 1. The first-order valence-electron chi connectivity index (χ1n) is 10.5. The summed E-state index contributed by atoms with van der Waals surface area (Å²) in [5, 5.41) is 23.6. The van der Waals surface area contributed by atoms with E-state index < -0.39 is 10.8 Å². The Morgan fingerprint density at radius 2 is 2.03 bits per heavy atom. The third-order valence-electron chi connectivity index (χ3n) is 4.73. The number of nitrogens with zero attached hydrogens (tertiary/aromatic N) is 4. The number of nitro groups is 1. The van der Waals surface area contributed by atoms with Gasteiger partial charge in [-0.25, -0.2) is 5.43 Å². The van der Waals surface area contributed by atoms with Crippen molar-refractivity contribution in [1.29, 1.82) is 0 Å². The molecule has 0 bridgehead atoms. The Morgan fingerprint density at radius 1 is 1.19 bits per heavy atom. The SMILES string of the molecule is Cc1ccc([N+](=O)[O-])cc1-c1ccc(/C=N\NC(=O)CSc2nnc(COc3ccc(Cl)cc3Cl)o2)o1. The van der Waals surface area contributed by atoms with E-state index in [0.717, 1.165) is 17.3 Å². The van der Waals surface area contributed by atoms with E-state index in [1.807, 2.05) is 6.92 Å². The van der Waals surface area contributed by atoms with Crippen molar-refractivity contribution in [3.8, 4) is 17.1 Å². The molecule has 14 heteroatoms. The van der Waals surface area contributed by atoms with E-state index in [2.05, 4.69) is 20.7 Å². The van der Waals surface area contributed by atoms with Crippen molar-refractivity contribution in [2.24, 2.45) is 5.10 Å². The monoisotopic (exact) mass is 561 g/mol. The number of furan rings is 1. The molecule has 0 radical (unpaired) electrons. The van der Waals surface area contributed by atoms with Gasteiger partial charge in [0.05, 0.1) is 21.9 Å². The Morgan fingerprint density at radius 3 is 2.81 bits per heavy atom. The van der Waals surface area contributed by atoms with Crippen LogP contribution in [0.15, 0.2) is 67.7 Å². The number of ether oxygens (including phenoxy) is 1. The summed E-state index contributed by atoms with van der Waals surface area (Å²) >= 11 is 12.9. The summed E-state index contributed by atoms with van der Waals surface area (Å²) in [5.41, 5.74) is 3.74. The smallest absolute Gasteiger partial charge is 0.277 e. The van der Waals surface area contributed by atoms with E-state index in [0.29, 0.717) is 32.9 Å². The van der Waals surface area contributed by atoms with Crippen molar-refractivity contribution in [2.75, 3.05) is 5.75 Å². The van der Waals surface area contributed by atoms with Crippen LogP contribution in [0.4, 0.5) is 5.69 Å². The maximum atomic E-state index is 12.1. The number of thioether (sulfide) groups is 1. The highest BCUT2D eigenvalue weighted by Gasteiger charge is 2.14. The molecule has 2 aromatic heterocycles. The summed E-state index contributed by atoms with van der Waals surface area (Å²) in [6, 6.07) is 12.6. The van der Waals surface area contributed by atoms with Crippen LogP contribution in [0.1, 0.15) is 17.2 Å². The molecule has 0 atom stereocenters. The van der Waals surface area contributed by atoms with Crippen molar-refractivity contribution < 1.29 is 23.3 Å². The molecule has 4 rings (SSSR count). The highest BCUT2D eigenvalue weighted by molar-refractivity contribution is 7.99. The number of nitrogens with one attached hydrogen (secondary N) is 1. The van der Waals surface area contributed by atoms with Crippen LogP contribution in [0, 0.1) is 17.0 Å². The number of hydrogen-bond donors (Lipinski definition) is 1. The quantitative estimate of drug-likeness (QED) is 0.112. The number of rotatable bonds is 10.